The van der Waals surface area contributed by atoms with Crippen LogP contribution in [0.4, 0.5) is 28.4 Å². The van der Waals surface area contributed by atoms with Crippen molar-refractivity contribution in [3.8, 4) is 33.4 Å². The Morgan fingerprint density at radius 3 is 1.74 bits per heavy atom. The normalized spacial score (nSPS) is 15.5. The first-order chi connectivity index (χ1) is 35.4. The zero-order chi connectivity index (χ0) is 50.0. The summed E-state index contributed by atoms with van der Waals surface area (Å²) in [6.45, 7) is 20.6. The molecule has 1 heterocycles. The van der Waals surface area contributed by atoms with Crippen LogP contribution in [0.15, 0.2) is 235 Å². The topological polar surface area (TPSA) is 19.6 Å². The number of fused-ring (bicyclic) bond motifs is 10. The molecule has 3 heteroatoms. The van der Waals surface area contributed by atoms with Crippen LogP contribution in [0.25, 0.3) is 60.9 Å². The molecule has 9 aromatic carbocycles. The van der Waals surface area contributed by atoms with Crippen LogP contribution >= 0.6 is 0 Å². The molecule has 0 saturated carbocycles. The van der Waals surface area contributed by atoms with Crippen molar-refractivity contribution >= 4 is 55.9 Å². The maximum atomic E-state index is 7.26. The molecular weight excluding hydrogens is 885 g/mol. The number of furan rings is 1. The van der Waals surface area contributed by atoms with Crippen LogP contribution in [0.5, 0.6) is 0 Å². The van der Waals surface area contributed by atoms with Crippen molar-refractivity contribution in [2.24, 2.45) is 0 Å². The van der Waals surface area contributed by atoms with Gasteiger partial charge in [-0.1, -0.05) is 194 Å². The Balaban J connectivity index is 1.09. The fourth-order valence-electron chi connectivity index (χ4n) is 13.0. The lowest BCUT2D eigenvalue weighted by Gasteiger charge is -2.30. The molecule has 3 aliphatic carbocycles. The number of anilines is 5. The average Bonchev–Trinajstić information content (AvgIpc) is 4.05. The van der Waals surface area contributed by atoms with Crippen LogP contribution in [0, 0.1) is 0 Å². The van der Waals surface area contributed by atoms with Gasteiger partial charge in [-0.15, -0.1) is 0 Å². The van der Waals surface area contributed by atoms with E-state index in [1.165, 1.54) is 72.3 Å². The average molecular weight is 943 g/mol. The van der Waals surface area contributed by atoms with Crippen LogP contribution in [-0.2, 0) is 16.2 Å². The van der Waals surface area contributed by atoms with Crippen molar-refractivity contribution < 1.29 is 4.42 Å². The number of hydrogen-bond acceptors (Lipinski definition) is 3. The third kappa shape index (κ3) is 6.64. The Labute approximate surface area is 429 Å². The first-order valence-corrected chi connectivity index (χ1v) is 25.7. The third-order valence-corrected chi connectivity index (χ3v) is 16.6. The van der Waals surface area contributed by atoms with Gasteiger partial charge in [0.15, 0.2) is 5.58 Å². The summed E-state index contributed by atoms with van der Waals surface area (Å²) in [4.78, 5) is 4.82. The predicted octanol–water partition coefficient (Wildman–Crippen LogP) is 19.3. The molecule has 13 rings (SSSR count). The van der Waals surface area contributed by atoms with Crippen LogP contribution < -0.4 is 9.80 Å². The lowest BCUT2D eigenvalue weighted by Crippen LogP contribution is -2.17. The summed E-state index contributed by atoms with van der Waals surface area (Å²) in [5.74, 6) is 0. The third-order valence-electron chi connectivity index (χ3n) is 16.6. The molecule has 0 saturated heterocycles. The molecule has 0 amide bonds. The molecule has 0 radical (unpaired) electrons. The standard InChI is InChI=1S/C70H58N2O/c1-9-58-54(51-27-16-19-31-59(51)68(58,3)4)39-44(2)71(46-23-12-10-13-24-46)64-43-49(72(47-25-14-11-15-26-47)48-36-37-62-55(41-48)52-28-17-20-32-60(52)69(62,5)6)42-57-56-40-45(35-38-65(56)73-67(57)64)50-30-22-34-63-66(50)53-29-18-21-33-61(53)70(63,7)8/h9-43H,1H2,2-8H3/b44-39+. The van der Waals surface area contributed by atoms with Gasteiger partial charge >= 0.3 is 0 Å². The Kier molecular flexibility index (Phi) is 9.95. The first-order valence-electron chi connectivity index (χ1n) is 25.7. The number of allylic oxidation sites excluding steroid dienone is 5. The largest absolute Gasteiger partial charge is 0.454 e. The number of nitrogens with zero attached hydrogens (tertiary/aromatic N) is 2. The van der Waals surface area contributed by atoms with Crippen molar-refractivity contribution in [3.63, 3.8) is 0 Å². The van der Waals surface area contributed by atoms with E-state index in [0.29, 0.717) is 0 Å². The predicted molar refractivity (Wildman–Crippen MR) is 308 cm³/mol. The second-order valence-corrected chi connectivity index (χ2v) is 21.8. The van der Waals surface area contributed by atoms with E-state index in [2.05, 4.69) is 277 Å². The van der Waals surface area contributed by atoms with Gasteiger partial charge in [0.25, 0.3) is 0 Å². The smallest absolute Gasteiger partial charge is 0.159 e. The molecule has 0 fully saturated rings. The highest BCUT2D eigenvalue weighted by Crippen LogP contribution is 2.55. The summed E-state index contributed by atoms with van der Waals surface area (Å²) in [6.07, 6.45) is 4.41. The van der Waals surface area contributed by atoms with Gasteiger partial charge in [0.2, 0.25) is 0 Å². The number of rotatable bonds is 9. The molecule has 0 unspecified atom stereocenters. The number of hydrogen-bond donors (Lipinski definition) is 0. The van der Waals surface area contributed by atoms with Crippen LogP contribution in [-0.4, -0.2) is 0 Å². The maximum absolute atomic E-state index is 7.26. The molecular formula is C70H58N2O. The molecule has 354 valence electrons. The minimum Gasteiger partial charge on any atom is -0.454 e. The van der Waals surface area contributed by atoms with Crippen molar-refractivity contribution in [1.29, 1.82) is 0 Å². The van der Waals surface area contributed by atoms with Crippen molar-refractivity contribution in [2.75, 3.05) is 9.80 Å². The number of para-hydroxylation sites is 2. The molecule has 0 N–H and O–H groups in total. The zero-order valence-electron chi connectivity index (χ0n) is 42.7. The monoisotopic (exact) mass is 942 g/mol. The second kappa shape index (κ2) is 16.3. The van der Waals surface area contributed by atoms with E-state index < -0.39 is 0 Å². The van der Waals surface area contributed by atoms with Crippen LogP contribution in [0.2, 0.25) is 0 Å². The zero-order valence-corrected chi connectivity index (χ0v) is 42.7. The van der Waals surface area contributed by atoms with Gasteiger partial charge in [0, 0.05) is 55.5 Å². The second-order valence-electron chi connectivity index (χ2n) is 21.8. The van der Waals surface area contributed by atoms with Gasteiger partial charge in [-0.2, -0.15) is 0 Å². The van der Waals surface area contributed by atoms with Crippen molar-refractivity contribution in [3.05, 3.63) is 264 Å². The van der Waals surface area contributed by atoms with Crippen LogP contribution in [0.1, 0.15) is 81.8 Å². The highest BCUT2D eigenvalue weighted by Gasteiger charge is 2.39. The fraction of sp³-hybridized carbons (Fsp3) is 0.143. The van der Waals surface area contributed by atoms with E-state index in [9.17, 15) is 0 Å². The van der Waals surface area contributed by atoms with E-state index >= 15 is 0 Å². The molecule has 3 nitrogen and oxygen atoms in total. The molecule has 0 bridgehead atoms. The summed E-state index contributed by atoms with van der Waals surface area (Å²) in [6, 6.07) is 73.6. The van der Waals surface area contributed by atoms with Gasteiger partial charge in [0.05, 0.1) is 5.69 Å². The molecule has 0 atom stereocenters. The molecule has 10 aromatic rings. The minimum atomic E-state index is -0.204. The Hall–Kier alpha value is -8.40. The van der Waals surface area contributed by atoms with E-state index in [-0.39, 0.29) is 16.2 Å². The van der Waals surface area contributed by atoms with Gasteiger partial charge in [-0.05, 0) is 152 Å². The molecule has 73 heavy (non-hydrogen) atoms. The fourth-order valence-corrected chi connectivity index (χ4v) is 13.0. The summed E-state index contributed by atoms with van der Waals surface area (Å²) in [5, 5.41) is 2.10. The molecule has 1 aromatic heterocycles. The maximum Gasteiger partial charge on any atom is 0.159 e. The van der Waals surface area contributed by atoms with Gasteiger partial charge in [-0.3, -0.25) is 0 Å². The molecule has 0 aliphatic heterocycles. The highest BCUT2D eigenvalue weighted by molar-refractivity contribution is 6.13. The van der Waals surface area contributed by atoms with E-state index in [0.717, 1.165) is 61.6 Å². The van der Waals surface area contributed by atoms with E-state index in [1.807, 2.05) is 0 Å². The first kappa shape index (κ1) is 44.5. The van der Waals surface area contributed by atoms with E-state index in [1.54, 1.807) is 0 Å². The lowest BCUT2D eigenvalue weighted by atomic mass is 9.81. The summed E-state index contributed by atoms with van der Waals surface area (Å²) >= 11 is 0. The van der Waals surface area contributed by atoms with Crippen molar-refractivity contribution in [1.82, 2.24) is 0 Å². The SMILES string of the molecule is C=CC1=C(/C=C(\C)N(c2ccccc2)c2cc(N(c3ccccc3)c3ccc4c(c3)-c3ccccc3C4(C)C)cc3c2oc2ccc(-c4cccc5c4-c4ccccc4C5(C)C)cc23)c2ccccc2C1(C)C. The van der Waals surface area contributed by atoms with E-state index in [4.69, 9.17) is 4.42 Å². The van der Waals surface area contributed by atoms with Crippen LogP contribution in [0.3, 0.4) is 0 Å². The van der Waals surface area contributed by atoms with Crippen molar-refractivity contribution in [2.45, 2.75) is 64.7 Å². The minimum absolute atomic E-state index is 0.112. The highest BCUT2D eigenvalue weighted by atomic mass is 16.3. The lowest BCUT2D eigenvalue weighted by molar-refractivity contribution is 0.654. The van der Waals surface area contributed by atoms with Gasteiger partial charge < -0.3 is 14.2 Å². The molecule has 3 aliphatic rings. The Morgan fingerprint density at radius 2 is 1.03 bits per heavy atom. The molecule has 0 spiro atoms. The van der Waals surface area contributed by atoms with Gasteiger partial charge in [0.1, 0.15) is 5.58 Å². The summed E-state index contributed by atoms with van der Waals surface area (Å²) in [5.41, 5.74) is 25.4. The number of benzene rings is 9. The van der Waals surface area contributed by atoms with Gasteiger partial charge in [-0.25, -0.2) is 0 Å². The Bertz CT molecular complexity index is 3970. The summed E-state index contributed by atoms with van der Waals surface area (Å²) in [7, 11) is 0. The Morgan fingerprint density at radius 1 is 0.452 bits per heavy atom. The quantitative estimate of drug-likeness (QED) is 0.144. The summed E-state index contributed by atoms with van der Waals surface area (Å²) < 4.78 is 7.26.